The Balaban J connectivity index is 1.77. The first-order chi connectivity index (χ1) is 9.74. The highest BCUT2D eigenvalue weighted by atomic mass is 16.3. The van der Waals surface area contributed by atoms with E-state index in [0.29, 0.717) is 11.5 Å². The molecule has 0 N–H and O–H groups in total. The summed E-state index contributed by atoms with van der Waals surface area (Å²) in [6.07, 6.45) is 2.47. The number of nitrogens with zero attached hydrogens (tertiary/aromatic N) is 1. The second-order valence-corrected chi connectivity index (χ2v) is 4.94. The molecule has 3 rings (SSSR count). The fraction of sp³-hybridized carbons (Fsp3) is 0.176. The Morgan fingerprint density at radius 2 is 1.90 bits per heavy atom. The van der Waals surface area contributed by atoms with Crippen molar-refractivity contribution in [1.29, 1.82) is 0 Å². The molecule has 0 radical (unpaired) electrons. The Hall–Kier alpha value is -2.42. The lowest BCUT2D eigenvalue weighted by Crippen LogP contribution is -1.91. The molecule has 3 nitrogen and oxygen atoms in total. The van der Waals surface area contributed by atoms with E-state index >= 15 is 0 Å². The van der Waals surface area contributed by atoms with Crippen molar-refractivity contribution >= 4 is 17.4 Å². The van der Waals surface area contributed by atoms with E-state index in [1.807, 2.05) is 0 Å². The zero-order chi connectivity index (χ0) is 13.9. The number of hydrogen-bond donors (Lipinski definition) is 0. The van der Waals surface area contributed by atoms with Crippen LogP contribution >= 0.6 is 0 Å². The SMILES string of the molecule is Cc1ccc(CCc2nc3cc(C=O)ccc3o2)cc1. The van der Waals surface area contributed by atoms with Gasteiger partial charge >= 0.3 is 0 Å². The van der Waals surface area contributed by atoms with Crippen LogP contribution in [0, 0.1) is 6.92 Å². The molecule has 0 aliphatic rings. The quantitative estimate of drug-likeness (QED) is 0.675. The molecule has 0 amide bonds. The van der Waals surface area contributed by atoms with Gasteiger partial charge in [-0.05, 0) is 37.1 Å². The Labute approximate surface area is 117 Å². The maximum absolute atomic E-state index is 10.7. The number of carbonyl (C=O) groups is 1. The zero-order valence-electron chi connectivity index (χ0n) is 11.3. The van der Waals surface area contributed by atoms with E-state index in [4.69, 9.17) is 4.42 Å². The molecule has 0 spiro atoms. The molecule has 3 heteroatoms. The minimum Gasteiger partial charge on any atom is -0.441 e. The predicted octanol–water partition coefficient (Wildman–Crippen LogP) is 3.73. The fourth-order valence-electron chi connectivity index (χ4n) is 2.18. The number of aromatic nitrogens is 1. The summed E-state index contributed by atoms with van der Waals surface area (Å²) < 4.78 is 5.69. The number of fused-ring (bicyclic) bond motifs is 1. The van der Waals surface area contributed by atoms with Crippen LogP contribution in [0.2, 0.25) is 0 Å². The van der Waals surface area contributed by atoms with Crippen LogP contribution in [0.3, 0.4) is 0 Å². The second-order valence-electron chi connectivity index (χ2n) is 4.94. The molecule has 0 saturated heterocycles. The molecule has 0 aliphatic heterocycles. The molecule has 0 atom stereocenters. The molecule has 0 aliphatic carbocycles. The van der Waals surface area contributed by atoms with Crippen LogP contribution in [-0.2, 0) is 12.8 Å². The summed E-state index contributed by atoms with van der Waals surface area (Å²) >= 11 is 0. The van der Waals surface area contributed by atoms with Gasteiger partial charge in [-0.15, -0.1) is 0 Å². The normalized spacial score (nSPS) is 10.8. The molecular weight excluding hydrogens is 250 g/mol. The fourth-order valence-corrected chi connectivity index (χ4v) is 2.18. The van der Waals surface area contributed by atoms with Gasteiger partial charge in [0.1, 0.15) is 11.8 Å². The van der Waals surface area contributed by atoms with Crippen molar-refractivity contribution in [3.05, 3.63) is 65.0 Å². The van der Waals surface area contributed by atoms with Crippen molar-refractivity contribution in [3.63, 3.8) is 0 Å². The highest BCUT2D eigenvalue weighted by Gasteiger charge is 2.06. The van der Waals surface area contributed by atoms with E-state index in [1.54, 1.807) is 18.2 Å². The zero-order valence-corrected chi connectivity index (χ0v) is 11.3. The smallest absolute Gasteiger partial charge is 0.195 e. The minimum atomic E-state index is 0.621. The molecule has 1 heterocycles. The van der Waals surface area contributed by atoms with Crippen LogP contribution < -0.4 is 0 Å². The van der Waals surface area contributed by atoms with Gasteiger partial charge in [-0.1, -0.05) is 29.8 Å². The number of carbonyl (C=O) groups excluding carboxylic acids is 1. The molecule has 2 aromatic carbocycles. The van der Waals surface area contributed by atoms with Gasteiger partial charge < -0.3 is 4.42 Å². The van der Waals surface area contributed by atoms with E-state index in [1.165, 1.54) is 11.1 Å². The van der Waals surface area contributed by atoms with E-state index in [0.717, 1.165) is 30.2 Å². The molecular formula is C17H15NO2. The first-order valence-corrected chi connectivity index (χ1v) is 6.65. The Bertz CT molecular complexity index is 741. The molecule has 0 unspecified atom stereocenters. The van der Waals surface area contributed by atoms with E-state index in [-0.39, 0.29) is 0 Å². The van der Waals surface area contributed by atoms with Crippen LogP contribution in [0.1, 0.15) is 27.4 Å². The number of hydrogen-bond acceptors (Lipinski definition) is 3. The summed E-state index contributed by atoms with van der Waals surface area (Å²) in [7, 11) is 0. The third kappa shape index (κ3) is 2.62. The molecule has 0 bridgehead atoms. The highest BCUT2D eigenvalue weighted by Crippen LogP contribution is 2.18. The Morgan fingerprint density at radius 3 is 2.65 bits per heavy atom. The largest absolute Gasteiger partial charge is 0.441 e. The van der Waals surface area contributed by atoms with Gasteiger partial charge in [0.25, 0.3) is 0 Å². The summed E-state index contributed by atoms with van der Waals surface area (Å²) in [5.41, 5.74) is 4.63. The second kappa shape index (κ2) is 5.29. The molecule has 100 valence electrons. The van der Waals surface area contributed by atoms with Crippen molar-refractivity contribution in [1.82, 2.24) is 4.98 Å². The van der Waals surface area contributed by atoms with Crippen molar-refractivity contribution in [2.45, 2.75) is 19.8 Å². The van der Waals surface area contributed by atoms with Gasteiger partial charge in [-0.3, -0.25) is 4.79 Å². The Morgan fingerprint density at radius 1 is 1.10 bits per heavy atom. The monoisotopic (exact) mass is 265 g/mol. The number of benzene rings is 2. The first kappa shape index (κ1) is 12.6. The van der Waals surface area contributed by atoms with Crippen LogP contribution in [0.4, 0.5) is 0 Å². The molecule has 0 saturated carbocycles. The summed E-state index contributed by atoms with van der Waals surface area (Å²) in [6.45, 7) is 2.08. The maximum atomic E-state index is 10.7. The van der Waals surface area contributed by atoms with Crippen LogP contribution in [0.5, 0.6) is 0 Å². The summed E-state index contributed by atoms with van der Waals surface area (Å²) in [5, 5.41) is 0. The maximum Gasteiger partial charge on any atom is 0.195 e. The highest BCUT2D eigenvalue weighted by molar-refractivity contribution is 5.83. The summed E-state index contributed by atoms with van der Waals surface area (Å²) in [5.74, 6) is 0.712. The van der Waals surface area contributed by atoms with Gasteiger partial charge in [0.2, 0.25) is 0 Å². The van der Waals surface area contributed by atoms with Gasteiger partial charge in [0, 0.05) is 12.0 Å². The standard InChI is InChI=1S/C17H15NO2/c1-12-2-4-13(5-3-12)7-9-17-18-15-10-14(11-19)6-8-16(15)20-17/h2-6,8,10-11H,7,9H2,1H3. The first-order valence-electron chi connectivity index (χ1n) is 6.65. The number of rotatable bonds is 4. The summed E-state index contributed by atoms with van der Waals surface area (Å²) in [4.78, 5) is 15.2. The van der Waals surface area contributed by atoms with Crippen LogP contribution in [-0.4, -0.2) is 11.3 Å². The van der Waals surface area contributed by atoms with Crippen LogP contribution in [0.15, 0.2) is 46.9 Å². The Kier molecular flexibility index (Phi) is 3.33. The number of aldehydes is 1. The van der Waals surface area contributed by atoms with Crippen molar-refractivity contribution in [2.24, 2.45) is 0 Å². The van der Waals surface area contributed by atoms with Crippen molar-refractivity contribution < 1.29 is 9.21 Å². The summed E-state index contributed by atoms with van der Waals surface area (Å²) in [6, 6.07) is 13.8. The van der Waals surface area contributed by atoms with Gasteiger partial charge in [0.15, 0.2) is 11.5 Å². The molecule has 1 aromatic heterocycles. The van der Waals surface area contributed by atoms with Crippen molar-refractivity contribution in [3.8, 4) is 0 Å². The van der Waals surface area contributed by atoms with E-state index < -0.39 is 0 Å². The lowest BCUT2D eigenvalue weighted by molar-refractivity contribution is 0.112. The van der Waals surface area contributed by atoms with Crippen LogP contribution in [0.25, 0.3) is 11.1 Å². The predicted molar refractivity (Wildman–Crippen MR) is 78.0 cm³/mol. The van der Waals surface area contributed by atoms with Gasteiger partial charge in [0.05, 0.1) is 0 Å². The lowest BCUT2D eigenvalue weighted by Gasteiger charge is -1.99. The minimum absolute atomic E-state index is 0.621. The van der Waals surface area contributed by atoms with E-state index in [2.05, 4.69) is 36.2 Å². The van der Waals surface area contributed by atoms with Crippen molar-refractivity contribution in [2.75, 3.05) is 0 Å². The average molecular weight is 265 g/mol. The van der Waals surface area contributed by atoms with E-state index in [9.17, 15) is 4.79 Å². The van der Waals surface area contributed by atoms with Gasteiger partial charge in [-0.2, -0.15) is 0 Å². The number of oxazole rings is 1. The average Bonchev–Trinajstić information content (AvgIpc) is 2.88. The molecule has 20 heavy (non-hydrogen) atoms. The lowest BCUT2D eigenvalue weighted by atomic mass is 10.1. The molecule has 3 aromatic rings. The van der Waals surface area contributed by atoms with Gasteiger partial charge in [-0.25, -0.2) is 4.98 Å². The third-order valence-corrected chi connectivity index (χ3v) is 3.34. The topological polar surface area (TPSA) is 43.1 Å². The number of aryl methyl sites for hydroxylation is 3. The third-order valence-electron chi connectivity index (χ3n) is 3.34. The molecule has 0 fully saturated rings.